The first-order valence-electron chi connectivity index (χ1n) is 5.76. The van der Waals surface area contributed by atoms with Crippen molar-refractivity contribution < 1.29 is 0 Å². The molecule has 2 aromatic carbocycles. The molecule has 0 N–H and O–H groups in total. The first kappa shape index (κ1) is 11.2. The maximum atomic E-state index is 6.31. The molecule has 0 saturated carbocycles. The van der Waals surface area contributed by atoms with E-state index in [1.165, 1.54) is 21.6 Å². The van der Waals surface area contributed by atoms with Crippen LogP contribution in [0.3, 0.4) is 0 Å². The van der Waals surface area contributed by atoms with E-state index in [1.807, 2.05) is 17.8 Å². The molecular formula is C15H13ClS. The number of benzene rings is 2. The van der Waals surface area contributed by atoms with E-state index in [1.54, 1.807) is 0 Å². The van der Waals surface area contributed by atoms with Gasteiger partial charge in [-0.1, -0.05) is 48.9 Å². The summed E-state index contributed by atoms with van der Waals surface area (Å²) in [5, 5.41) is 0.898. The average Bonchev–Trinajstić information content (AvgIpc) is 2.50. The standard InChI is InChI=1S/C15H13ClS/c1-10-11-6-4-7-14(16)13(11)9-17-15-8-3-2-5-12(10)15/h2-8,10H,9H2,1H3. The molecule has 1 aliphatic heterocycles. The van der Waals surface area contributed by atoms with Crippen LogP contribution in [0, 0.1) is 0 Å². The smallest absolute Gasteiger partial charge is 0.0449 e. The molecule has 0 saturated heterocycles. The predicted molar refractivity (Wildman–Crippen MR) is 75.0 cm³/mol. The zero-order valence-electron chi connectivity index (χ0n) is 9.61. The fraction of sp³-hybridized carbons (Fsp3) is 0.200. The van der Waals surface area contributed by atoms with Gasteiger partial charge in [-0.05, 0) is 28.8 Å². The molecule has 1 atom stereocenters. The van der Waals surface area contributed by atoms with Gasteiger partial charge < -0.3 is 0 Å². The molecule has 0 aromatic heterocycles. The average molecular weight is 261 g/mol. The zero-order valence-corrected chi connectivity index (χ0v) is 11.2. The van der Waals surface area contributed by atoms with E-state index in [0.717, 1.165) is 10.8 Å². The monoisotopic (exact) mass is 260 g/mol. The highest BCUT2D eigenvalue weighted by molar-refractivity contribution is 7.98. The highest BCUT2D eigenvalue weighted by atomic mass is 35.5. The lowest BCUT2D eigenvalue weighted by Crippen LogP contribution is -1.98. The molecule has 1 heterocycles. The van der Waals surface area contributed by atoms with Crippen molar-refractivity contribution >= 4 is 23.4 Å². The summed E-state index contributed by atoms with van der Waals surface area (Å²) in [5.74, 6) is 1.39. The van der Waals surface area contributed by atoms with Crippen LogP contribution in [0.15, 0.2) is 47.4 Å². The summed E-state index contributed by atoms with van der Waals surface area (Å²) in [6.07, 6.45) is 0. The minimum atomic E-state index is 0.426. The van der Waals surface area contributed by atoms with Gasteiger partial charge in [0.05, 0.1) is 0 Å². The van der Waals surface area contributed by atoms with Gasteiger partial charge in [-0.25, -0.2) is 0 Å². The van der Waals surface area contributed by atoms with Crippen molar-refractivity contribution in [2.75, 3.05) is 0 Å². The Bertz CT molecular complexity index is 563. The summed E-state index contributed by atoms with van der Waals surface area (Å²) in [4.78, 5) is 1.38. The minimum Gasteiger partial charge on any atom is -0.121 e. The van der Waals surface area contributed by atoms with Crippen LogP contribution < -0.4 is 0 Å². The summed E-state index contributed by atoms with van der Waals surface area (Å²) in [6.45, 7) is 2.26. The van der Waals surface area contributed by atoms with Crippen molar-refractivity contribution in [3.05, 3.63) is 64.2 Å². The summed E-state index contributed by atoms with van der Waals surface area (Å²) in [6, 6.07) is 14.9. The van der Waals surface area contributed by atoms with Crippen LogP contribution in [0.5, 0.6) is 0 Å². The molecule has 0 spiro atoms. The summed E-state index contributed by atoms with van der Waals surface area (Å²) in [7, 11) is 0. The van der Waals surface area contributed by atoms with E-state index < -0.39 is 0 Å². The lowest BCUT2D eigenvalue weighted by atomic mass is 9.90. The van der Waals surface area contributed by atoms with Crippen molar-refractivity contribution in [1.29, 1.82) is 0 Å². The van der Waals surface area contributed by atoms with E-state index in [0.29, 0.717) is 5.92 Å². The third kappa shape index (κ3) is 1.88. The number of hydrogen-bond donors (Lipinski definition) is 0. The van der Waals surface area contributed by atoms with Crippen molar-refractivity contribution in [1.82, 2.24) is 0 Å². The van der Waals surface area contributed by atoms with Crippen molar-refractivity contribution in [2.24, 2.45) is 0 Å². The molecule has 0 nitrogen and oxygen atoms in total. The third-order valence-electron chi connectivity index (χ3n) is 3.38. The quantitative estimate of drug-likeness (QED) is 0.635. The Hall–Kier alpha value is -0.920. The Kier molecular flexibility index (Phi) is 2.89. The summed E-state index contributed by atoms with van der Waals surface area (Å²) in [5.41, 5.74) is 4.08. The number of rotatable bonds is 0. The molecule has 1 unspecified atom stereocenters. The van der Waals surface area contributed by atoms with E-state index in [2.05, 4.69) is 43.3 Å². The molecule has 0 radical (unpaired) electrons. The van der Waals surface area contributed by atoms with E-state index in [9.17, 15) is 0 Å². The number of halogens is 1. The van der Waals surface area contributed by atoms with Gasteiger partial charge in [-0.3, -0.25) is 0 Å². The molecule has 1 aliphatic rings. The van der Waals surface area contributed by atoms with Crippen LogP contribution in [0.1, 0.15) is 29.5 Å². The number of thioether (sulfide) groups is 1. The van der Waals surface area contributed by atoms with E-state index in [4.69, 9.17) is 11.6 Å². The molecule has 2 heteroatoms. The van der Waals surface area contributed by atoms with Gasteiger partial charge in [0, 0.05) is 21.6 Å². The second kappa shape index (κ2) is 4.40. The van der Waals surface area contributed by atoms with Crippen LogP contribution in [-0.4, -0.2) is 0 Å². The van der Waals surface area contributed by atoms with Gasteiger partial charge in [0.15, 0.2) is 0 Å². The van der Waals surface area contributed by atoms with Crippen molar-refractivity contribution in [3.63, 3.8) is 0 Å². The van der Waals surface area contributed by atoms with E-state index >= 15 is 0 Å². The van der Waals surface area contributed by atoms with Gasteiger partial charge in [0.1, 0.15) is 0 Å². The molecule has 0 bridgehead atoms. The van der Waals surface area contributed by atoms with E-state index in [-0.39, 0.29) is 0 Å². The maximum Gasteiger partial charge on any atom is 0.0449 e. The molecule has 2 aromatic rings. The molecule has 3 rings (SSSR count). The van der Waals surface area contributed by atoms with Gasteiger partial charge in [-0.2, -0.15) is 0 Å². The topological polar surface area (TPSA) is 0 Å². The van der Waals surface area contributed by atoms with Crippen LogP contribution in [0.4, 0.5) is 0 Å². The molecule has 86 valence electrons. The molecule has 0 amide bonds. The molecule has 17 heavy (non-hydrogen) atoms. The van der Waals surface area contributed by atoms with Crippen LogP contribution in [-0.2, 0) is 5.75 Å². The highest BCUT2D eigenvalue weighted by Crippen LogP contribution is 2.42. The van der Waals surface area contributed by atoms with Gasteiger partial charge >= 0.3 is 0 Å². The third-order valence-corrected chi connectivity index (χ3v) is 4.85. The Morgan fingerprint density at radius 3 is 2.71 bits per heavy atom. The SMILES string of the molecule is CC1c2ccccc2SCc2c(Cl)cccc21. The Morgan fingerprint density at radius 2 is 1.82 bits per heavy atom. The molecular weight excluding hydrogens is 248 g/mol. The lowest BCUT2D eigenvalue weighted by Gasteiger charge is -2.15. The fourth-order valence-corrected chi connectivity index (χ4v) is 3.96. The van der Waals surface area contributed by atoms with Crippen LogP contribution in [0.25, 0.3) is 0 Å². The number of hydrogen-bond acceptors (Lipinski definition) is 1. The van der Waals surface area contributed by atoms with Crippen LogP contribution in [0.2, 0.25) is 5.02 Å². The van der Waals surface area contributed by atoms with Crippen molar-refractivity contribution in [3.8, 4) is 0 Å². The Balaban J connectivity index is 2.20. The first-order chi connectivity index (χ1) is 8.27. The normalized spacial score (nSPS) is 18.1. The predicted octanol–water partition coefficient (Wildman–Crippen LogP) is 5.10. The van der Waals surface area contributed by atoms with Gasteiger partial charge in [0.25, 0.3) is 0 Å². The van der Waals surface area contributed by atoms with Crippen molar-refractivity contribution in [2.45, 2.75) is 23.5 Å². The Labute approximate surface area is 111 Å². The minimum absolute atomic E-state index is 0.426. The lowest BCUT2D eigenvalue weighted by molar-refractivity contribution is 0.890. The number of fused-ring (bicyclic) bond motifs is 2. The molecule has 0 aliphatic carbocycles. The largest absolute Gasteiger partial charge is 0.121 e. The van der Waals surface area contributed by atoms with Gasteiger partial charge in [0.2, 0.25) is 0 Å². The second-order valence-corrected chi connectivity index (χ2v) is 5.78. The highest BCUT2D eigenvalue weighted by Gasteiger charge is 2.21. The summed E-state index contributed by atoms with van der Waals surface area (Å²) < 4.78 is 0. The van der Waals surface area contributed by atoms with Gasteiger partial charge in [-0.15, -0.1) is 11.8 Å². The van der Waals surface area contributed by atoms with Crippen LogP contribution >= 0.6 is 23.4 Å². The fourth-order valence-electron chi connectivity index (χ4n) is 2.42. The molecule has 0 fully saturated rings. The zero-order chi connectivity index (χ0) is 11.8. The summed E-state index contributed by atoms with van der Waals surface area (Å²) >= 11 is 8.20. The second-order valence-electron chi connectivity index (χ2n) is 4.36. The Morgan fingerprint density at radius 1 is 1.06 bits per heavy atom. The first-order valence-corrected chi connectivity index (χ1v) is 7.12. The maximum absolute atomic E-state index is 6.31.